The van der Waals surface area contributed by atoms with Crippen LogP contribution in [0.5, 0.6) is 11.6 Å². The van der Waals surface area contributed by atoms with Gasteiger partial charge in [0.2, 0.25) is 21.9 Å². The zero-order chi connectivity index (χ0) is 25.9. The molecule has 0 bridgehead atoms. The number of sulfonamides is 1. The molecule has 0 fully saturated rings. The molecule has 0 aliphatic heterocycles. The molecule has 0 aliphatic rings. The van der Waals surface area contributed by atoms with E-state index in [9.17, 15) is 8.42 Å². The molecule has 0 saturated carbocycles. The standard InChI is InChI=1S/C23H26N8O4S/c1-14-12-26-20(27-13-14)15(2)16(3)36(32,33)30-23-29-28-21(17-8-6-7-10-24-17)31(23)19-18(34-4)9-11-25-22(19)35-5/h6-13,15-16H,1-5H3,(H,29,30)/t15-,16-/m0/s1. The fraction of sp³-hybridized carbons (Fsp3) is 0.304. The van der Waals surface area contributed by atoms with Crippen LogP contribution in [-0.2, 0) is 10.0 Å². The second-order valence-electron chi connectivity index (χ2n) is 8.03. The van der Waals surface area contributed by atoms with Gasteiger partial charge in [0.05, 0.1) is 19.5 Å². The number of ether oxygens (including phenoxy) is 2. The molecule has 36 heavy (non-hydrogen) atoms. The van der Waals surface area contributed by atoms with Crippen LogP contribution >= 0.6 is 0 Å². The molecule has 0 spiro atoms. The highest BCUT2D eigenvalue weighted by Crippen LogP contribution is 2.36. The summed E-state index contributed by atoms with van der Waals surface area (Å²) in [5.41, 5.74) is 1.65. The molecule has 0 aromatic carbocycles. The molecule has 4 aromatic heterocycles. The van der Waals surface area contributed by atoms with Gasteiger partial charge in [0.15, 0.2) is 11.5 Å². The van der Waals surface area contributed by atoms with Gasteiger partial charge in [-0.3, -0.25) is 14.3 Å². The number of aryl methyl sites for hydroxylation is 1. The number of hydrogen-bond donors (Lipinski definition) is 1. The third-order valence-corrected chi connectivity index (χ3v) is 7.54. The van der Waals surface area contributed by atoms with Gasteiger partial charge < -0.3 is 9.47 Å². The van der Waals surface area contributed by atoms with Gasteiger partial charge in [-0.25, -0.2) is 23.4 Å². The second-order valence-corrected chi connectivity index (χ2v) is 10.1. The SMILES string of the molecule is COc1ccnc(OC)c1-n1c(NS(=O)(=O)[C@@H](C)[C@H](C)c2ncc(C)cn2)nnc1-c1ccccn1. The van der Waals surface area contributed by atoms with Crippen molar-refractivity contribution in [2.45, 2.75) is 31.9 Å². The van der Waals surface area contributed by atoms with E-state index in [0.29, 0.717) is 23.0 Å². The minimum atomic E-state index is -3.99. The van der Waals surface area contributed by atoms with E-state index < -0.39 is 21.2 Å². The predicted octanol–water partition coefficient (Wildman–Crippen LogP) is 2.77. The minimum absolute atomic E-state index is 0.0795. The number of anilines is 1. The molecule has 0 saturated heterocycles. The molecular weight excluding hydrogens is 484 g/mol. The average molecular weight is 511 g/mol. The van der Waals surface area contributed by atoms with E-state index in [2.05, 4.69) is 34.9 Å². The summed E-state index contributed by atoms with van der Waals surface area (Å²) < 4.78 is 42.0. The monoisotopic (exact) mass is 510 g/mol. The Balaban J connectivity index is 1.81. The van der Waals surface area contributed by atoms with Crippen LogP contribution < -0.4 is 14.2 Å². The van der Waals surface area contributed by atoms with E-state index in [1.54, 1.807) is 56.7 Å². The Bertz CT molecular complexity index is 1420. The van der Waals surface area contributed by atoms with Gasteiger partial charge in [-0.2, -0.15) is 0 Å². The summed E-state index contributed by atoms with van der Waals surface area (Å²) in [6, 6.07) is 6.90. The van der Waals surface area contributed by atoms with Crippen LogP contribution in [0.15, 0.2) is 49.1 Å². The molecule has 4 aromatic rings. The smallest absolute Gasteiger partial charge is 0.243 e. The van der Waals surface area contributed by atoms with E-state index in [4.69, 9.17) is 9.47 Å². The highest BCUT2D eigenvalue weighted by molar-refractivity contribution is 7.93. The van der Waals surface area contributed by atoms with Crippen molar-refractivity contribution in [3.63, 3.8) is 0 Å². The van der Waals surface area contributed by atoms with Crippen LogP contribution in [-0.4, -0.2) is 62.6 Å². The lowest BCUT2D eigenvalue weighted by atomic mass is 10.1. The fourth-order valence-electron chi connectivity index (χ4n) is 3.50. The Kier molecular flexibility index (Phi) is 7.10. The van der Waals surface area contributed by atoms with E-state index in [-0.39, 0.29) is 17.7 Å². The Morgan fingerprint density at radius 1 is 0.944 bits per heavy atom. The second kappa shape index (κ2) is 10.2. The summed E-state index contributed by atoms with van der Waals surface area (Å²) in [6.45, 7) is 5.21. The van der Waals surface area contributed by atoms with Crippen LogP contribution in [0.3, 0.4) is 0 Å². The first-order valence-electron chi connectivity index (χ1n) is 11.0. The average Bonchev–Trinajstić information content (AvgIpc) is 3.30. The highest BCUT2D eigenvalue weighted by Gasteiger charge is 2.32. The quantitative estimate of drug-likeness (QED) is 0.356. The minimum Gasteiger partial charge on any atom is -0.494 e. The molecule has 0 radical (unpaired) electrons. The summed E-state index contributed by atoms with van der Waals surface area (Å²) >= 11 is 0. The van der Waals surface area contributed by atoms with Gasteiger partial charge in [-0.05, 0) is 31.5 Å². The maximum atomic E-state index is 13.5. The van der Waals surface area contributed by atoms with Crippen LogP contribution in [0.4, 0.5) is 5.95 Å². The number of rotatable bonds is 9. The van der Waals surface area contributed by atoms with Crippen molar-refractivity contribution in [3.05, 3.63) is 60.4 Å². The van der Waals surface area contributed by atoms with Crippen molar-refractivity contribution < 1.29 is 17.9 Å². The van der Waals surface area contributed by atoms with Gasteiger partial charge in [0, 0.05) is 36.8 Å². The molecule has 188 valence electrons. The summed E-state index contributed by atoms with van der Waals surface area (Å²) in [4.78, 5) is 17.2. The van der Waals surface area contributed by atoms with Crippen molar-refractivity contribution in [1.29, 1.82) is 0 Å². The third kappa shape index (κ3) is 4.82. The Hall–Kier alpha value is -4.13. The molecule has 0 aliphatic carbocycles. The van der Waals surface area contributed by atoms with Crippen LogP contribution in [0, 0.1) is 6.92 Å². The molecule has 1 N–H and O–H groups in total. The number of pyridine rings is 2. The first-order chi connectivity index (χ1) is 17.3. The summed E-state index contributed by atoms with van der Waals surface area (Å²) in [5.74, 6) is 0.654. The van der Waals surface area contributed by atoms with Gasteiger partial charge >= 0.3 is 0 Å². The van der Waals surface area contributed by atoms with Crippen molar-refractivity contribution in [2.75, 3.05) is 18.9 Å². The fourth-order valence-corrected chi connectivity index (χ4v) is 4.73. The lowest BCUT2D eigenvalue weighted by Gasteiger charge is -2.21. The van der Waals surface area contributed by atoms with E-state index in [1.165, 1.54) is 25.0 Å². The number of aromatic nitrogens is 7. The lowest BCUT2D eigenvalue weighted by Crippen LogP contribution is -2.31. The normalized spacial score (nSPS) is 13.1. The Morgan fingerprint density at radius 2 is 1.69 bits per heavy atom. The molecule has 4 heterocycles. The number of methoxy groups -OCH3 is 2. The summed E-state index contributed by atoms with van der Waals surface area (Å²) in [6.07, 6.45) is 6.42. The lowest BCUT2D eigenvalue weighted by molar-refractivity contribution is 0.379. The third-order valence-electron chi connectivity index (χ3n) is 5.68. The van der Waals surface area contributed by atoms with Crippen molar-refractivity contribution >= 4 is 16.0 Å². The van der Waals surface area contributed by atoms with Gasteiger partial charge in [-0.15, -0.1) is 10.2 Å². The largest absolute Gasteiger partial charge is 0.494 e. The van der Waals surface area contributed by atoms with Gasteiger partial charge in [-0.1, -0.05) is 13.0 Å². The van der Waals surface area contributed by atoms with Crippen LogP contribution in [0.2, 0.25) is 0 Å². The zero-order valence-electron chi connectivity index (χ0n) is 20.4. The maximum absolute atomic E-state index is 13.5. The van der Waals surface area contributed by atoms with E-state index in [1.807, 2.05) is 6.92 Å². The topological polar surface area (TPSA) is 147 Å². The molecular formula is C23H26N8O4S. The molecule has 4 rings (SSSR count). The molecule has 12 nitrogen and oxygen atoms in total. The first-order valence-corrected chi connectivity index (χ1v) is 12.6. The Labute approximate surface area is 208 Å². The van der Waals surface area contributed by atoms with Crippen molar-refractivity contribution in [3.8, 4) is 28.8 Å². The van der Waals surface area contributed by atoms with Crippen molar-refractivity contribution in [2.24, 2.45) is 0 Å². The number of nitrogens with one attached hydrogen (secondary N) is 1. The van der Waals surface area contributed by atoms with Crippen LogP contribution in [0.25, 0.3) is 17.2 Å². The maximum Gasteiger partial charge on any atom is 0.243 e. The van der Waals surface area contributed by atoms with E-state index in [0.717, 1.165) is 5.56 Å². The zero-order valence-corrected chi connectivity index (χ0v) is 21.3. The predicted molar refractivity (Wildman–Crippen MR) is 133 cm³/mol. The van der Waals surface area contributed by atoms with Crippen molar-refractivity contribution in [1.82, 2.24) is 34.7 Å². The summed E-state index contributed by atoms with van der Waals surface area (Å²) in [5, 5.41) is 7.47. The highest BCUT2D eigenvalue weighted by atomic mass is 32.2. The molecule has 0 amide bonds. The van der Waals surface area contributed by atoms with Crippen LogP contribution in [0.1, 0.15) is 31.2 Å². The van der Waals surface area contributed by atoms with E-state index >= 15 is 0 Å². The van der Waals surface area contributed by atoms with Gasteiger partial charge in [0.1, 0.15) is 17.3 Å². The summed E-state index contributed by atoms with van der Waals surface area (Å²) in [7, 11) is -1.05. The van der Waals surface area contributed by atoms with Gasteiger partial charge in [0.25, 0.3) is 0 Å². The molecule has 0 unspecified atom stereocenters. The first kappa shape index (κ1) is 25.0. The number of hydrogen-bond acceptors (Lipinski definition) is 10. The Morgan fingerprint density at radius 3 is 2.33 bits per heavy atom. The number of nitrogens with zero attached hydrogens (tertiary/aromatic N) is 7. The molecule has 13 heteroatoms. The molecule has 2 atom stereocenters.